The molecule has 0 saturated heterocycles. The van der Waals surface area contributed by atoms with Gasteiger partial charge in [0.15, 0.2) is 0 Å². The van der Waals surface area contributed by atoms with Crippen LogP contribution in [0.2, 0.25) is 0 Å². The minimum absolute atomic E-state index is 0.138. The van der Waals surface area contributed by atoms with Crippen molar-refractivity contribution in [2.75, 3.05) is 0 Å². The Bertz CT molecular complexity index is 297. The molecule has 3 heteroatoms. The molecule has 0 aliphatic rings. The Balaban J connectivity index is 3.05. The Morgan fingerprint density at radius 3 is 2.54 bits per heavy atom. The molecule has 0 heterocycles. The molecule has 72 valence electrons. The van der Waals surface area contributed by atoms with Crippen molar-refractivity contribution in [1.29, 1.82) is 0 Å². The van der Waals surface area contributed by atoms with Crippen molar-refractivity contribution in [3.05, 3.63) is 29.3 Å². The highest BCUT2D eigenvalue weighted by atomic mass is 16.3. The molecule has 0 fully saturated rings. The van der Waals surface area contributed by atoms with Gasteiger partial charge >= 0.3 is 0 Å². The third kappa shape index (κ3) is 2.20. The summed E-state index contributed by atoms with van der Waals surface area (Å²) in [5.74, 6) is 0.138. The third-order valence-electron chi connectivity index (χ3n) is 2.06. The highest BCUT2D eigenvalue weighted by molar-refractivity contribution is 5.38. The van der Waals surface area contributed by atoms with E-state index >= 15 is 0 Å². The van der Waals surface area contributed by atoms with Crippen LogP contribution in [-0.2, 0) is 0 Å². The van der Waals surface area contributed by atoms with Gasteiger partial charge in [-0.05, 0) is 19.9 Å². The molecule has 3 nitrogen and oxygen atoms in total. The number of benzene rings is 1. The number of aliphatic hydroxyl groups is 1. The number of phenols is 1. The summed E-state index contributed by atoms with van der Waals surface area (Å²) in [6, 6.07) is 4.65. The molecule has 0 aromatic heterocycles. The van der Waals surface area contributed by atoms with Crippen LogP contribution in [0.3, 0.4) is 0 Å². The van der Waals surface area contributed by atoms with Crippen LogP contribution >= 0.6 is 0 Å². The summed E-state index contributed by atoms with van der Waals surface area (Å²) in [6.45, 7) is 3.52. The standard InChI is InChI=1S/C10H15NO2/c1-6-3-4-9(13)8(5-6)10(11)7(2)12/h3-5,7,10,12-13H,11H2,1-2H3/t7?,10-/m0/s1. The molecule has 4 N–H and O–H groups in total. The number of phenolic OH excluding ortho intramolecular Hbond substituents is 1. The molecule has 2 atom stereocenters. The number of aryl methyl sites for hydroxylation is 1. The van der Waals surface area contributed by atoms with Crippen LogP contribution in [0.5, 0.6) is 5.75 Å². The number of hydrogen-bond donors (Lipinski definition) is 3. The van der Waals surface area contributed by atoms with E-state index in [1.54, 1.807) is 25.1 Å². The summed E-state index contributed by atoms with van der Waals surface area (Å²) in [7, 11) is 0. The molecule has 0 bridgehead atoms. The first kappa shape index (κ1) is 10.0. The zero-order chi connectivity index (χ0) is 10.0. The van der Waals surface area contributed by atoms with Gasteiger partial charge in [0.05, 0.1) is 12.1 Å². The largest absolute Gasteiger partial charge is 0.508 e. The van der Waals surface area contributed by atoms with Gasteiger partial charge in [0.1, 0.15) is 5.75 Å². The van der Waals surface area contributed by atoms with Crippen molar-refractivity contribution in [3.8, 4) is 5.75 Å². The monoisotopic (exact) mass is 181 g/mol. The van der Waals surface area contributed by atoms with Crippen molar-refractivity contribution in [1.82, 2.24) is 0 Å². The molecular formula is C10H15NO2. The smallest absolute Gasteiger partial charge is 0.120 e. The van der Waals surface area contributed by atoms with E-state index in [9.17, 15) is 10.2 Å². The van der Waals surface area contributed by atoms with E-state index in [1.807, 2.05) is 6.92 Å². The first-order chi connectivity index (χ1) is 6.02. The fraction of sp³-hybridized carbons (Fsp3) is 0.400. The molecule has 0 saturated carbocycles. The average Bonchev–Trinajstić information content (AvgIpc) is 2.08. The van der Waals surface area contributed by atoms with Gasteiger partial charge in [0.25, 0.3) is 0 Å². The van der Waals surface area contributed by atoms with Gasteiger partial charge in [-0.25, -0.2) is 0 Å². The lowest BCUT2D eigenvalue weighted by Gasteiger charge is -2.16. The fourth-order valence-corrected chi connectivity index (χ4v) is 1.20. The first-order valence-electron chi connectivity index (χ1n) is 4.25. The van der Waals surface area contributed by atoms with Crippen molar-refractivity contribution in [3.63, 3.8) is 0 Å². The molecule has 1 aromatic carbocycles. The first-order valence-corrected chi connectivity index (χ1v) is 4.25. The van der Waals surface area contributed by atoms with Gasteiger partial charge in [-0.2, -0.15) is 0 Å². The minimum atomic E-state index is -0.660. The van der Waals surface area contributed by atoms with Gasteiger partial charge in [0, 0.05) is 5.56 Å². The second kappa shape index (κ2) is 3.77. The van der Waals surface area contributed by atoms with E-state index in [0.29, 0.717) is 5.56 Å². The molecule has 0 aliphatic heterocycles. The van der Waals surface area contributed by atoms with E-state index in [4.69, 9.17) is 5.73 Å². The lowest BCUT2D eigenvalue weighted by atomic mass is 10.0. The zero-order valence-electron chi connectivity index (χ0n) is 7.86. The van der Waals surface area contributed by atoms with E-state index < -0.39 is 12.1 Å². The molecule has 1 aromatic rings. The van der Waals surface area contributed by atoms with Gasteiger partial charge in [-0.1, -0.05) is 17.7 Å². The van der Waals surface area contributed by atoms with Gasteiger partial charge in [-0.15, -0.1) is 0 Å². The van der Waals surface area contributed by atoms with Gasteiger partial charge < -0.3 is 15.9 Å². The molecule has 1 unspecified atom stereocenters. The molecular weight excluding hydrogens is 166 g/mol. The van der Waals surface area contributed by atoms with Crippen LogP contribution in [0.4, 0.5) is 0 Å². The Morgan fingerprint density at radius 1 is 1.38 bits per heavy atom. The predicted octanol–water partition coefficient (Wildman–Crippen LogP) is 1.08. The fourth-order valence-electron chi connectivity index (χ4n) is 1.20. The van der Waals surface area contributed by atoms with Crippen molar-refractivity contribution in [2.45, 2.75) is 26.0 Å². The average molecular weight is 181 g/mol. The van der Waals surface area contributed by atoms with Crippen LogP contribution < -0.4 is 5.73 Å². The van der Waals surface area contributed by atoms with Gasteiger partial charge in [0.2, 0.25) is 0 Å². The molecule has 13 heavy (non-hydrogen) atoms. The van der Waals surface area contributed by atoms with Crippen LogP contribution in [-0.4, -0.2) is 16.3 Å². The molecule has 0 radical (unpaired) electrons. The molecule has 0 spiro atoms. The maximum Gasteiger partial charge on any atom is 0.120 e. The summed E-state index contributed by atoms with van der Waals surface area (Å²) in [5, 5.41) is 18.7. The molecule has 0 aliphatic carbocycles. The highest BCUT2D eigenvalue weighted by Gasteiger charge is 2.15. The Kier molecular flexibility index (Phi) is 2.90. The van der Waals surface area contributed by atoms with Gasteiger partial charge in [-0.3, -0.25) is 0 Å². The van der Waals surface area contributed by atoms with E-state index in [1.165, 1.54) is 0 Å². The number of nitrogens with two attached hydrogens (primary N) is 1. The summed E-state index contributed by atoms with van der Waals surface area (Å²) >= 11 is 0. The van der Waals surface area contributed by atoms with Crippen LogP contribution in [0.25, 0.3) is 0 Å². The quantitative estimate of drug-likeness (QED) is 0.639. The van der Waals surface area contributed by atoms with Crippen LogP contribution in [0, 0.1) is 6.92 Å². The second-order valence-electron chi connectivity index (χ2n) is 3.33. The zero-order valence-corrected chi connectivity index (χ0v) is 7.86. The SMILES string of the molecule is Cc1ccc(O)c([C@@H](N)C(C)O)c1. The summed E-state index contributed by atoms with van der Waals surface area (Å²) < 4.78 is 0. The normalized spacial score (nSPS) is 15.4. The maximum absolute atomic E-state index is 9.46. The molecule has 0 amide bonds. The number of aliphatic hydroxyl groups excluding tert-OH is 1. The van der Waals surface area contributed by atoms with E-state index in [0.717, 1.165) is 5.56 Å². The molecule has 1 rings (SSSR count). The highest BCUT2D eigenvalue weighted by Crippen LogP contribution is 2.25. The van der Waals surface area contributed by atoms with Crippen LogP contribution in [0.1, 0.15) is 24.1 Å². The Hall–Kier alpha value is -1.06. The van der Waals surface area contributed by atoms with Crippen molar-refractivity contribution in [2.24, 2.45) is 5.73 Å². The summed E-state index contributed by atoms with van der Waals surface area (Å²) in [5.41, 5.74) is 7.31. The summed E-state index contributed by atoms with van der Waals surface area (Å²) in [4.78, 5) is 0. The van der Waals surface area contributed by atoms with E-state index in [-0.39, 0.29) is 5.75 Å². The number of aromatic hydroxyl groups is 1. The van der Waals surface area contributed by atoms with Crippen molar-refractivity contribution < 1.29 is 10.2 Å². The number of rotatable bonds is 2. The Labute approximate surface area is 77.8 Å². The number of hydrogen-bond acceptors (Lipinski definition) is 3. The second-order valence-corrected chi connectivity index (χ2v) is 3.33. The maximum atomic E-state index is 9.46. The summed E-state index contributed by atoms with van der Waals surface area (Å²) in [6.07, 6.45) is -0.660. The predicted molar refractivity (Wildman–Crippen MR) is 51.5 cm³/mol. The third-order valence-corrected chi connectivity index (χ3v) is 2.06. The lowest BCUT2D eigenvalue weighted by Crippen LogP contribution is -2.23. The van der Waals surface area contributed by atoms with Crippen LogP contribution in [0.15, 0.2) is 18.2 Å². The lowest BCUT2D eigenvalue weighted by molar-refractivity contribution is 0.163. The van der Waals surface area contributed by atoms with Crippen molar-refractivity contribution >= 4 is 0 Å². The topological polar surface area (TPSA) is 66.5 Å². The Morgan fingerprint density at radius 2 is 2.00 bits per heavy atom. The van der Waals surface area contributed by atoms with E-state index in [2.05, 4.69) is 0 Å². The minimum Gasteiger partial charge on any atom is -0.508 e.